The molecule has 1 fully saturated rings. The van der Waals surface area contributed by atoms with Gasteiger partial charge in [0.05, 0.1) is 28.6 Å². The van der Waals surface area contributed by atoms with Crippen molar-refractivity contribution in [3.05, 3.63) is 150 Å². The number of guanidine groups is 2. The summed E-state index contributed by atoms with van der Waals surface area (Å²) in [6.07, 6.45) is 2.19. The van der Waals surface area contributed by atoms with E-state index in [9.17, 15) is 86.0 Å². The first-order chi connectivity index (χ1) is 59.5. The maximum absolute atomic E-state index is 14.7. The molecular weight excluding hydrogens is 1620 g/mol. The molecule has 4 aromatic carbocycles. The molecule has 0 bridgehead atoms. The average molecular weight is 1740 g/mol. The molecule has 0 radical (unpaired) electrons. The lowest BCUT2D eigenvalue weighted by Crippen LogP contribution is -2.46. The molecule has 1 aromatic heterocycles. The normalized spacial score (nSPS) is 16.8. The van der Waals surface area contributed by atoms with E-state index in [4.69, 9.17) is 42.6 Å². The van der Waals surface area contributed by atoms with Gasteiger partial charge in [-0.05, 0) is 144 Å². The molecule has 125 heavy (non-hydrogen) atoms. The predicted octanol–water partition coefficient (Wildman–Crippen LogP) is 10.9. The van der Waals surface area contributed by atoms with E-state index in [1.54, 1.807) is 93.6 Å². The Morgan fingerprint density at radius 1 is 0.584 bits per heavy atom. The van der Waals surface area contributed by atoms with Crippen molar-refractivity contribution in [1.82, 2.24) is 15.5 Å². The summed E-state index contributed by atoms with van der Waals surface area (Å²) in [5.74, 6) is -9.74. The lowest BCUT2D eigenvalue weighted by molar-refractivity contribution is -0.393. The van der Waals surface area contributed by atoms with Crippen molar-refractivity contribution in [2.24, 2.45) is 84.9 Å². The highest BCUT2D eigenvalue weighted by atomic mass is 16.6. The standard InChI is InChI=1S/C84H120N22O19/c1-8-50(6)71(103-80(117)66-30-21-39-104(66)82(119)61(27-15-17-35-85)95-69(107)47-94-73(110)56-46-70(108)125-68-45-54(124-7)32-33-55(56)68)81(118)102-63(41-49(4)5)77(114)100-65(43-52-24-13-10-14-25-52)79(116)101-64(42-51-22-11-9-12-23-51)78(115)98-60(29-20-38-93-84(89)90)75(112)99-62(40-48(2)3)76(113)97-59(74(111)96-58(72(86)109)28-19-37-92-83(87)88)26-16-18-36-91-57-34-31-53(105(120)121)44-67(57)106(122)123/h9-14,22-25,31-34,44-46,48-50,58-66,71,91H,8,15-21,26-30,35-43,47,85H2,1-7H3,(H2,86,109)(H,94,110)(H,95,107)(H,96,111)(H,97,113)(H,98,115)(H,99,112)(H,100,114)(H,101,116)(H,102,118)(H,103,117)(H4,87,88,92)(H4,89,90,93). The molecule has 0 spiro atoms. The number of fused-ring (bicyclic) bond motifs is 1. The third-order valence-corrected chi connectivity index (χ3v) is 20.2. The van der Waals surface area contributed by atoms with Crippen LogP contribution in [0.1, 0.15) is 155 Å². The number of aliphatic hydroxyl groups is 11. The third kappa shape index (κ3) is 33.1. The maximum Gasteiger partial charge on any atom is 0.337 e. The summed E-state index contributed by atoms with van der Waals surface area (Å²) >= 11 is 0. The van der Waals surface area contributed by atoms with Crippen molar-refractivity contribution in [3.8, 4) is 5.75 Å². The Bertz CT molecular complexity index is 4810. The number of nitro benzene ring substituents is 2. The first-order valence-corrected chi connectivity index (χ1v) is 41.4. The number of benzene rings is 4. The van der Waals surface area contributed by atoms with Gasteiger partial charge < -0.3 is 103 Å². The SMILES string of the molecule is CCC(C)C(N=C(O)C1CCCN1C(=O)C(CCCCN)N=C(O)CN=C(O)c1cc(=O)oc2cc(OC)ccc12)C(O)=NC(CC(C)C)C(O)=NC(Cc1ccccc1)C(O)=NC(Cc1ccccc1)C(O)=NC(CCCNC(=N)N)C(O)=NC(CC(C)C)C(O)=NC(CCCCNc1ccc([N+](=O)[O-])cc1[N+](=O)[O-])C(O)=NC(CCCNC(=N)N)C(=N)O. The van der Waals surface area contributed by atoms with Gasteiger partial charge in [0.1, 0.15) is 84.0 Å². The average Bonchev–Trinajstić information content (AvgIpc) is 1.77. The van der Waals surface area contributed by atoms with Gasteiger partial charge in [-0.2, -0.15) is 0 Å². The summed E-state index contributed by atoms with van der Waals surface area (Å²) in [7, 11) is 1.43. The quantitative estimate of drug-likeness (QED) is 0.00429. The molecule has 11 unspecified atom stereocenters. The maximum atomic E-state index is 14.7. The van der Waals surface area contributed by atoms with Crippen LogP contribution in [0.5, 0.6) is 5.75 Å². The van der Waals surface area contributed by atoms with Crippen molar-refractivity contribution in [2.45, 2.75) is 211 Å². The van der Waals surface area contributed by atoms with Crippen molar-refractivity contribution in [3.63, 3.8) is 0 Å². The number of likely N-dealkylation sites (tertiary alicyclic amines) is 1. The number of aliphatic hydroxyl groups excluding tert-OH is 11. The van der Waals surface area contributed by atoms with Crippen molar-refractivity contribution in [1.29, 1.82) is 16.2 Å². The molecule has 1 saturated heterocycles. The smallest absolute Gasteiger partial charge is 0.337 e. The highest BCUT2D eigenvalue weighted by Crippen LogP contribution is 2.31. The molecule has 1 amide bonds. The Labute approximate surface area is 723 Å². The summed E-state index contributed by atoms with van der Waals surface area (Å²) in [5.41, 5.74) is 16.3. The summed E-state index contributed by atoms with van der Waals surface area (Å²) in [4.78, 5) is 95.2. The Morgan fingerprint density at radius 2 is 1.08 bits per heavy atom. The first kappa shape index (κ1) is 100. The van der Waals surface area contributed by atoms with Crippen molar-refractivity contribution < 1.29 is 80.0 Å². The van der Waals surface area contributed by atoms with Crippen LogP contribution in [0.3, 0.4) is 0 Å². The fraction of sp³-hybridized carbons (Fsp3) is 0.512. The van der Waals surface area contributed by atoms with Gasteiger partial charge in [0.2, 0.25) is 70.8 Å². The molecule has 23 N–H and O–H groups in total. The van der Waals surface area contributed by atoms with Crippen LogP contribution in [0.15, 0.2) is 162 Å². The highest BCUT2D eigenvalue weighted by Gasteiger charge is 2.39. The number of nitrogens with one attached hydrogen (secondary N) is 6. The third-order valence-electron chi connectivity index (χ3n) is 20.2. The Hall–Kier alpha value is -13.4. The number of unbranched alkanes of at least 4 members (excludes halogenated alkanes) is 2. The van der Waals surface area contributed by atoms with E-state index in [0.717, 1.165) is 18.2 Å². The number of aliphatic imine (C=N–C) groups is 10. The minimum absolute atomic E-state index is 0.00556. The number of amides is 1. The van der Waals surface area contributed by atoms with Gasteiger partial charge in [0.15, 0.2) is 11.9 Å². The molecule has 41 nitrogen and oxygen atoms in total. The summed E-state index contributed by atoms with van der Waals surface area (Å²) in [6.45, 7) is 10.9. The van der Waals surface area contributed by atoms with E-state index in [1.807, 2.05) is 20.8 Å². The van der Waals surface area contributed by atoms with Crippen LogP contribution in [-0.4, -0.2) is 260 Å². The molecule has 0 aliphatic carbocycles. The van der Waals surface area contributed by atoms with Crippen LogP contribution in [-0.2, 0) is 17.6 Å². The van der Waals surface area contributed by atoms with Crippen LogP contribution in [0.4, 0.5) is 17.1 Å². The van der Waals surface area contributed by atoms with Gasteiger partial charge in [0.25, 0.3) is 11.4 Å². The number of methoxy groups -OCH3 is 1. The van der Waals surface area contributed by atoms with Gasteiger partial charge in [-0.25, -0.2) is 54.7 Å². The van der Waals surface area contributed by atoms with E-state index >= 15 is 0 Å². The van der Waals surface area contributed by atoms with Gasteiger partial charge in [-0.3, -0.25) is 41.3 Å². The number of carbonyl (C=O) groups excluding carboxylic acids is 1. The lowest BCUT2D eigenvalue weighted by atomic mass is 9.98. The van der Waals surface area contributed by atoms with E-state index in [-0.39, 0.29) is 157 Å². The number of rotatable bonds is 53. The zero-order chi connectivity index (χ0) is 92.0. The van der Waals surface area contributed by atoms with Crippen LogP contribution in [0.25, 0.3) is 11.0 Å². The molecule has 41 heteroatoms. The van der Waals surface area contributed by atoms with Gasteiger partial charge in [0, 0.05) is 62.6 Å². The molecule has 11 atom stereocenters. The Morgan fingerprint density at radius 3 is 1.59 bits per heavy atom. The topological polar surface area (TPSA) is 678 Å². The molecule has 5 aromatic rings. The molecule has 2 heterocycles. The number of carbonyl (C=O) groups is 1. The zero-order valence-corrected chi connectivity index (χ0v) is 71.3. The first-order valence-electron chi connectivity index (χ1n) is 41.4. The number of nitrogens with zero attached hydrogens (tertiary/aromatic N) is 13. The second kappa shape index (κ2) is 50.9. The Balaban J connectivity index is 1.38. The summed E-state index contributed by atoms with van der Waals surface area (Å²) < 4.78 is 10.5. The highest BCUT2D eigenvalue weighted by molar-refractivity contribution is 6.05. The van der Waals surface area contributed by atoms with Crippen LogP contribution in [0, 0.1) is 54.2 Å². The summed E-state index contributed by atoms with van der Waals surface area (Å²) in [6, 6.07) is 12.6. The number of nitro groups is 2. The van der Waals surface area contributed by atoms with Gasteiger partial charge in [-0.1, -0.05) is 109 Å². The number of hydrogen-bond acceptors (Lipinski definition) is 23. The van der Waals surface area contributed by atoms with Crippen LogP contribution in [0.2, 0.25) is 0 Å². The fourth-order valence-corrected chi connectivity index (χ4v) is 13.5. The largest absolute Gasteiger partial charge is 0.497 e. The number of non-ortho nitro benzene ring substituents is 1. The second-order valence-electron chi connectivity index (χ2n) is 31.0. The zero-order valence-electron chi connectivity index (χ0n) is 71.3. The molecule has 1 aliphatic heterocycles. The van der Waals surface area contributed by atoms with Crippen LogP contribution >= 0.6 is 0 Å². The van der Waals surface area contributed by atoms with Crippen LogP contribution < -0.4 is 43.5 Å². The minimum Gasteiger partial charge on any atom is -0.497 e. The van der Waals surface area contributed by atoms with Gasteiger partial charge in [-0.15, -0.1) is 0 Å². The molecular formula is C84H120N22O19. The number of anilines is 1. The number of ether oxygens (including phenoxy) is 1. The van der Waals surface area contributed by atoms with Crippen molar-refractivity contribution in [2.75, 3.05) is 51.7 Å². The van der Waals surface area contributed by atoms with Crippen molar-refractivity contribution >= 4 is 111 Å². The predicted molar refractivity (Wildman–Crippen MR) is 485 cm³/mol. The number of hydrogen-bond donors (Lipinski definition) is 20. The second-order valence-corrected chi connectivity index (χ2v) is 31.0. The molecule has 1 aliphatic rings. The lowest BCUT2D eigenvalue weighted by Gasteiger charge is -2.28. The van der Waals surface area contributed by atoms with E-state index in [2.05, 4.69) is 65.9 Å². The van der Waals surface area contributed by atoms with E-state index in [1.165, 1.54) is 24.1 Å². The number of nitrogens with two attached hydrogens (primary N) is 3. The summed E-state index contributed by atoms with van der Waals surface area (Å²) in [5, 5.41) is 186. The molecule has 680 valence electrons. The van der Waals surface area contributed by atoms with E-state index in [0.29, 0.717) is 47.9 Å². The Kier molecular flexibility index (Phi) is 40.9. The fourth-order valence-electron chi connectivity index (χ4n) is 13.5. The molecule has 0 saturated carbocycles. The monoisotopic (exact) mass is 1740 g/mol. The molecule has 6 rings (SSSR count). The minimum atomic E-state index is -1.50. The van der Waals surface area contributed by atoms with Gasteiger partial charge >= 0.3 is 5.63 Å². The van der Waals surface area contributed by atoms with E-state index < -0.39 is 171 Å².